The van der Waals surface area contributed by atoms with E-state index in [4.69, 9.17) is 4.74 Å². The molecule has 1 heteroatoms. The van der Waals surface area contributed by atoms with E-state index in [0.717, 1.165) is 6.61 Å². The Morgan fingerprint density at radius 3 is 2.81 bits per heavy atom. The average Bonchev–Trinajstić information content (AvgIpc) is 2.25. The molecule has 0 spiro atoms. The van der Waals surface area contributed by atoms with Crippen LogP contribution in [0.3, 0.4) is 0 Å². The van der Waals surface area contributed by atoms with Crippen LogP contribution in [0.2, 0.25) is 0 Å². The molecule has 0 radical (unpaired) electrons. The SMILES string of the molecule is COCc1ccc2c(c1)C(C)CCC2(C)C. The van der Waals surface area contributed by atoms with Gasteiger partial charge in [-0.2, -0.15) is 0 Å². The molecular weight excluding hydrogens is 196 g/mol. The van der Waals surface area contributed by atoms with E-state index in [1.54, 1.807) is 7.11 Å². The highest BCUT2D eigenvalue weighted by Gasteiger charge is 2.30. The maximum absolute atomic E-state index is 5.21. The summed E-state index contributed by atoms with van der Waals surface area (Å²) in [5.41, 5.74) is 4.70. The molecule has 0 fully saturated rings. The van der Waals surface area contributed by atoms with E-state index < -0.39 is 0 Å². The van der Waals surface area contributed by atoms with Crippen LogP contribution in [0.4, 0.5) is 0 Å². The van der Waals surface area contributed by atoms with Gasteiger partial charge in [-0.25, -0.2) is 0 Å². The van der Waals surface area contributed by atoms with Crippen LogP contribution in [-0.2, 0) is 16.8 Å². The van der Waals surface area contributed by atoms with Crippen LogP contribution < -0.4 is 0 Å². The Morgan fingerprint density at radius 2 is 2.12 bits per heavy atom. The summed E-state index contributed by atoms with van der Waals surface area (Å²) in [5.74, 6) is 0.694. The Balaban J connectivity index is 2.43. The van der Waals surface area contributed by atoms with Crippen molar-refractivity contribution in [3.05, 3.63) is 34.9 Å². The lowest BCUT2D eigenvalue weighted by Crippen LogP contribution is -2.25. The summed E-state index contributed by atoms with van der Waals surface area (Å²) in [6, 6.07) is 6.85. The Kier molecular flexibility index (Phi) is 3.07. The molecule has 1 nitrogen and oxygen atoms in total. The van der Waals surface area contributed by atoms with Crippen molar-refractivity contribution in [1.29, 1.82) is 0 Å². The van der Waals surface area contributed by atoms with Crippen LogP contribution in [0.25, 0.3) is 0 Å². The van der Waals surface area contributed by atoms with Crippen LogP contribution >= 0.6 is 0 Å². The second-order valence-electron chi connectivity index (χ2n) is 5.68. The summed E-state index contributed by atoms with van der Waals surface area (Å²) in [7, 11) is 1.76. The van der Waals surface area contributed by atoms with Gasteiger partial charge in [0.1, 0.15) is 0 Å². The maximum atomic E-state index is 5.21. The van der Waals surface area contributed by atoms with Crippen molar-refractivity contribution in [3.63, 3.8) is 0 Å². The summed E-state index contributed by atoms with van der Waals surface area (Å²) < 4.78 is 5.21. The second-order valence-corrected chi connectivity index (χ2v) is 5.68. The Morgan fingerprint density at radius 1 is 1.38 bits per heavy atom. The second kappa shape index (κ2) is 4.21. The van der Waals surface area contributed by atoms with Crippen molar-refractivity contribution >= 4 is 0 Å². The lowest BCUT2D eigenvalue weighted by atomic mass is 9.69. The summed E-state index contributed by atoms with van der Waals surface area (Å²) in [4.78, 5) is 0. The first-order valence-corrected chi connectivity index (χ1v) is 6.17. The predicted molar refractivity (Wildman–Crippen MR) is 67.8 cm³/mol. The van der Waals surface area contributed by atoms with Crippen molar-refractivity contribution in [3.8, 4) is 0 Å². The molecule has 1 aromatic rings. The smallest absolute Gasteiger partial charge is 0.0713 e. The molecule has 0 amide bonds. The maximum Gasteiger partial charge on any atom is 0.0713 e. The van der Waals surface area contributed by atoms with Crippen LogP contribution in [-0.4, -0.2) is 7.11 Å². The van der Waals surface area contributed by atoms with Crippen molar-refractivity contribution in [2.45, 2.75) is 51.6 Å². The number of hydrogen-bond acceptors (Lipinski definition) is 1. The first-order chi connectivity index (χ1) is 7.54. The van der Waals surface area contributed by atoms with Gasteiger partial charge < -0.3 is 4.74 Å². The van der Waals surface area contributed by atoms with Crippen LogP contribution in [0.5, 0.6) is 0 Å². The van der Waals surface area contributed by atoms with Crippen molar-refractivity contribution < 1.29 is 4.74 Å². The molecule has 1 aromatic carbocycles. The highest BCUT2D eigenvalue weighted by atomic mass is 16.5. The van der Waals surface area contributed by atoms with Gasteiger partial charge in [0.15, 0.2) is 0 Å². The zero-order chi connectivity index (χ0) is 11.8. The first kappa shape index (κ1) is 11.7. The number of rotatable bonds is 2. The zero-order valence-corrected chi connectivity index (χ0v) is 10.8. The fourth-order valence-electron chi connectivity index (χ4n) is 2.76. The Bertz CT molecular complexity index is 379. The molecule has 0 saturated carbocycles. The van der Waals surface area contributed by atoms with E-state index in [1.807, 2.05) is 0 Å². The van der Waals surface area contributed by atoms with Gasteiger partial charge in [-0.1, -0.05) is 39.0 Å². The van der Waals surface area contributed by atoms with Crippen LogP contribution in [0.1, 0.15) is 56.2 Å². The lowest BCUT2D eigenvalue weighted by molar-refractivity contribution is 0.184. The molecule has 0 heterocycles. The van der Waals surface area contributed by atoms with Gasteiger partial charge in [0, 0.05) is 7.11 Å². The quantitative estimate of drug-likeness (QED) is 0.729. The molecule has 0 N–H and O–H groups in total. The molecule has 2 rings (SSSR count). The molecule has 1 aliphatic rings. The molecule has 1 unspecified atom stereocenters. The molecule has 1 aliphatic carbocycles. The fraction of sp³-hybridized carbons (Fsp3) is 0.600. The topological polar surface area (TPSA) is 9.23 Å². The summed E-state index contributed by atoms with van der Waals surface area (Å²) in [5, 5.41) is 0. The number of benzene rings is 1. The van der Waals surface area contributed by atoms with Gasteiger partial charge in [-0.05, 0) is 40.9 Å². The molecule has 0 aromatic heterocycles. The Hall–Kier alpha value is -0.820. The molecule has 0 aliphatic heterocycles. The van der Waals surface area contributed by atoms with E-state index in [2.05, 4.69) is 39.0 Å². The van der Waals surface area contributed by atoms with E-state index in [-0.39, 0.29) is 0 Å². The summed E-state index contributed by atoms with van der Waals surface area (Å²) in [6.45, 7) is 7.77. The molecule has 16 heavy (non-hydrogen) atoms. The largest absolute Gasteiger partial charge is 0.380 e. The van der Waals surface area contributed by atoms with Gasteiger partial charge in [-0.3, -0.25) is 0 Å². The predicted octanol–water partition coefficient (Wildman–Crippen LogP) is 4.01. The molecule has 0 bridgehead atoms. The van der Waals surface area contributed by atoms with Crippen molar-refractivity contribution in [2.24, 2.45) is 0 Å². The number of ether oxygens (including phenoxy) is 1. The highest BCUT2D eigenvalue weighted by Crippen LogP contribution is 2.42. The van der Waals surface area contributed by atoms with E-state index in [1.165, 1.54) is 29.5 Å². The number of methoxy groups -OCH3 is 1. The molecule has 1 atom stereocenters. The van der Waals surface area contributed by atoms with Gasteiger partial charge in [0.2, 0.25) is 0 Å². The molecule has 88 valence electrons. The van der Waals surface area contributed by atoms with Gasteiger partial charge >= 0.3 is 0 Å². The van der Waals surface area contributed by atoms with E-state index in [9.17, 15) is 0 Å². The minimum absolute atomic E-state index is 0.341. The molecular formula is C15H22O. The van der Waals surface area contributed by atoms with E-state index >= 15 is 0 Å². The third-order valence-corrected chi connectivity index (χ3v) is 3.89. The average molecular weight is 218 g/mol. The normalized spacial score (nSPS) is 22.9. The number of fused-ring (bicyclic) bond motifs is 1. The zero-order valence-electron chi connectivity index (χ0n) is 10.8. The van der Waals surface area contributed by atoms with Gasteiger partial charge in [0.05, 0.1) is 6.61 Å². The van der Waals surface area contributed by atoms with E-state index in [0.29, 0.717) is 11.3 Å². The number of hydrogen-bond donors (Lipinski definition) is 0. The third-order valence-electron chi connectivity index (χ3n) is 3.89. The third kappa shape index (κ3) is 2.01. The van der Waals surface area contributed by atoms with Crippen LogP contribution in [0.15, 0.2) is 18.2 Å². The summed E-state index contributed by atoms with van der Waals surface area (Å²) >= 11 is 0. The lowest BCUT2D eigenvalue weighted by Gasteiger charge is -2.36. The Labute approximate surface area is 98.8 Å². The minimum Gasteiger partial charge on any atom is -0.380 e. The van der Waals surface area contributed by atoms with Crippen molar-refractivity contribution in [2.75, 3.05) is 7.11 Å². The monoisotopic (exact) mass is 218 g/mol. The standard InChI is InChI=1S/C15H22O/c1-11-7-8-15(2,3)14-6-5-12(10-16-4)9-13(11)14/h5-6,9,11H,7-8,10H2,1-4H3. The van der Waals surface area contributed by atoms with Gasteiger partial charge in [-0.15, -0.1) is 0 Å². The van der Waals surface area contributed by atoms with Gasteiger partial charge in [0.25, 0.3) is 0 Å². The highest BCUT2D eigenvalue weighted by molar-refractivity contribution is 5.40. The van der Waals surface area contributed by atoms with Crippen molar-refractivity contribution in [1.82, 2.24) is 0 Å². The fourth-order valence-corrected chi connectivity index (χ4v) is 2.76. The van der Waals surface area contributed by atoms with Crippen LogP contribution in [0, 0.1) is 0 Å². The molecule has 0 saturated heterocycles. The first-order valence-electron chi connectivity index (χ1n) is 6.17. The minimum atomic E-state index is 0.341. The summed E-state index contributed by atoms with van der Waals surface area (Å²) in [6.07, 6.45) is 2.60.